The first-order valence-electron chi connectivity index (χ1n) is 5.22. The molecule has 7 heteroatoms. The van der Waals surface area contributed by atoms with Gasteiger partial charge in [-0.2, -0.15) is 10.2 Å². The summed E-state index contributed by atoms with van der Waals surface area (Å²) in [5.74, 6) is 0.0116. The molecule has 0 fully saturated rings. The lowest BCUT2D eigenvalue weighted by molar-refractivity contribution is 0.452. The molecule has 1 aromatic carbocycles. The van der Waals surface area contributed by atoms with E-state index in [0.717, 1.165) is 0 Å². The molecule has 0 atom stereocenters. The number of rotatable bonds is 3. The predicted octanol–water partition coefficient (Wildman–Crippen LogP) is 3.08. The molecule has 19 heavy (non-hydrogen) atoms. The molecule has 0 aliphatic heterocycles. The van der Waals surface area contributed by atoms with Crippen LogP contribution in [0.3, 0.4) is 0 Å². The Labute approximate surface area is 117 Å². The van der Waals surface area contributed by atoms with E-state index in [1.807, 2.05) is 0 Å². The fourth-order valence-electron chi connectivity index (χ4n) is 1.35. The van der Waals surface area contributed by atoms with Crippen LogP contribution in [0.4, 0.5) is 10.3 Å². The maximum atomic E-state index is 13.4. The lowest BCUT2D eigenvalue weighted by atomic mass is 10.2. The van der Waals surface area contributed by atoms with Crippen molar-refractivity contribution in [1.29, 1.82) is 5.26 Å². The molecule has 2 rings (SSSR count). The second-order valence-corrected chi connectivity index (χ2v) is 4.28. The molecule has 5 nitrogen and oxygen atoms in total. The number of halogens is 2. The smallest absolute Gasteiger partial charge is 0.238 e. The minimum absolute atomic E-state index is 0.101. The maximum absolute atomic E-state index is 13.4. The van der Waals surface area contributed by atoms with Gasteiger partial charge in [-0.1, -0.05) is 6.07 Å². The first kappa shape index (κ1) is 13.2. The van der Waals surface area contributed by atoms with Crippen molar-refractivity contribution in [2.75, 3.05) is 12.4 Å². The van der Waals surface area contributed by atoms with Gasteiger partial charge in [0.1, 0.15) is 23.2 Å². The van der Waals surface area contributed by atoms with Gasteiger partial charge >= 0.3 is 0 Å². The summed E-state index contributed by atoms with van der Waals surface area (Å²) in [6.45, 7) is 0. The van der Waals surface area contributed by atoms with Crippen LogP contribution < -0.4 is 10.1 Å². The van der Waals surface area contributed by atoms with Crippen molar-refractivity contribution in [2.45, 2.75) is 0 Å². The second-order valence-electron chi connectivity index (χ2n) is 3.42. The van der Waals surface area contributed by atoms with Crippen LogP contribution in [0.15, 0.2) is 28.9 Å². The van der Waals surface area contributed by atoms with Gasteiger partial charge in [0.25, 0.3) is 0 Å². The molecule has 96 valence electrons. The van der Waals surface area contributed by atoms with Crippen LogP contribution >= 0.6 is 15.9 Å². The molecule has 0 spiro atoms. The fraction of sp³-hybridized carbons (Fsp3) is 0.0833. The molecule has 0 saturated carbocycles. The molecule has 0 saturated heterocycles. The van der Waals surface area contributed by atoms with Crippen LogP contribution in [-0.2, 0) is 0 Å². The summed E-state index contributed by atoms with van der Waals surface area (Å²) in [5, 5.41) is 11.7. The molecular weight excluding hydrogens is 315 g/mol. The summed E-state index contributed by atoms with van der Waals surface area (Å²) in [7, 11) is 1.66. The minimum atomic E-state index is -0.640. The van der Waals surface area contributed by atoms with Gasteiger partial charge in [-0.05, 0) is 28.1 Å². The number of hydrogen-bond donors (Lipinski definition) is 1. The Morgan fingerprint density at radius 1 is 1.47 bits per heavy atom. The van der Waals surface area contributed by atoms with E-state index in [1.54, 1.807) is 13.1 Å². The van der Waals surface area contributed by atoms with Gasteiger partial charge in [0.05, 0.1) is 10.7 Å². The normalized spacial score (nSPS) is 9.79. The Kier molecular flexibility index (Phi) is 3.92. The van der Waals surface area contributed by atoms with Crippen LogP contribution in [0.5, 0.6) is 11.6 Å². The SMILES string of the molecule is CNc1ncc(Br)c(Oc2cccc(F)c2C#N)n1. The molecule has 0 amide bonds. The standard InChI is InChI=1S/C12H8BrFN4O/c1-16-12-17-6-8(13)11(18-12)19-10-4-2-3-9(14)7(10)5-15/h2-4,6H,1H3,(H,16,17,18). The monoisotopic (exact) mass is 322 g/mol. The summed E-state index contributed by atoms with van der Waals surface area (Å²) in [4.78, 5) is 8.04. The number of benzene rings is 1. The number of nitrogens with one attached hydrogen (secondary N) is 1. The van der Waals surface area contributed by atoms with E-state index in [9.17, 15) is 4.39 Å². The average molecular weight is 323 g/mol. The fourth-order valence-corrected chi connectivity index (χ4v) is 1.62. The highest BCUT2D eigenvalue weighted by atomic mass is 79.9. The highest BCUT2D eigenvalue weighted by Crippen LogP contribution is 2.30. The molecule has 2 aromatic rings. The van der Waals surface area contributed by atoms with E-state index in [0.29, 0.717) is 10.4 Å². The first-order valence-corrected chi connectivity index (χ1v) is 6.01. The molecule has 1 aromatic heterocycles. The van der Waals surface area contributed by atoms with E-state index in [4.69, 9.17) is 10.00 Å². The van der Waals surface area contributed by atoms with Crippen molar-refractivity contribution in [1.82, 2.24) is 9.97 Å². The zero-order valence-electron chi connectivity index (χ0n) is 9.82. The number of aromatic nitrogens is 2. The molecular formula is C12H8BrFN4O. The van der Waals surface area contributed by atoms with E-state index < -0.39 is 5.82 Å². The lowest BCUT2D eigenvalue weighted by Gasteiger charge is -2.09. The van der Waals surface area contributed by atoms with Gasteiger partial charge < -0.3 is 10.1 Å². The maximum Gasteiger partial charge on any atom is 0.238 e. The van der Waals surface area contributed by atoms with Crippen molar-refractivity contribution in [3.05, 3.63) is 40.2 Å². The number of nitriles is 1. The van der Waals surface area contributed by atoms with Gasteiger partial charge in [0.15, 0.2) is 0 Å². The molecule has 0 radical (unpaired) electrons. The van der Waals surface area contributed by atoms with E-state index >= 15 is 0 Å². The molecule has 1 N–H and O–H groups in total. The van der Waals surface area contributed by atoms with Crippen molar-refractivity contribution in [3.63, 3.8) is 0 Å². The Bertz CT molecular complexity index is 657. The van der Waals surface area contributed by atoms with E-state index in [-0.39, 0.29) is 17.2 Å². The Balaban J connectivity index is 2.42. The van der Waals surface area contributed by atoms with E-state index in [2.05, 4.69) is 31.2 Å². The molecule has 0 bridgehead atoms. The lowest BCUT2D eigenvalue weighted by Crippen LogP contribution is -1.99. The highest BCUT2D eigenvalue weighted by Gasteiger charge is 2.13. The van der Waals surface area contributed by atoms with E-state index in [1.165, 1.54) is 24.4 Å². The topological polar surface area (TPSA) is 70.8 Å². The summed E-state index contributed by atoms with van der Waals surface area (Å²) >= 11 is 3.23. The zero-order chi connectivity index (χ0) is 13.8. The van der Waals surface area contributed by atoms with Crippen LogP contribution in [0, 0.1) is 17.1 Å². The zero-order valence-corrected chi connectivity index (χ0v) is 11.4. The molecule has 1 heterocycles. The van der Waals surface area contributed by atoms with Gasteiger partial charge in [0.2, 0.25) is 11.8 Å². The van der Waals surface area contributed by atoms with Crippen LogP contribution in [0.1, 0.15) is 5.56 Å². The van der Waals surface area contributed by atoms with Gasteiger partial charge in [0, 0.05) is 7.05 Å². The highest BCUT2D eigenvalue weighted by molar-refractivity contribution is 9.10. The Hall–Kier alpha value is -2.20. The van der Waals surface area contributed by atoms with Gasteiger partial charge in [-0.3, -0.25) is 0 Å². The third-order valence-corrected chi connectivity index (χ3v) is 2.77. The number of ether oxygens (including phenoxy) is 1. The first-order chi connectivity index (χ1) is 9.15. The third-order valence-electron chi connectivity index (χ3n) is 2.23. The van der Waals surface area contributed by atoms with Crippen molar-refractivity contribution >= 4 is 21.9 Å². The average Bonchev–Trinajstić information content (AvgIpc) is 2.41. The quantitative estimate of drug-likeness (QED) is 0.940. The summed E-state index contributed by atoms with van der Waals surface area (Å²) < 4.78 is 19.4. The van der Waals surface area contributed by atoms with Crippen LogP contribution in [0.25, 0.3) is 0 Å². The van der Waals surface area contributed by atoms with Crippen molar-refractivity contribution in [3.8, 4) is 17.7 Å². The third kappa shape index (κ3) is 2.80. The Morgan fingerprint density at radius 3 is 2.95 bits per heavy atom. The summed E-state index contributed by atoms with van der Waals surface area (Å²) in [6.07, 6.45) is 1.50. The minimum Gasteiger partial charge on any atom is -0.436 e. The number of hydrogen-bond acceptors (Lipinski definition) is 5. The molecule has 0 unspecified atom stereocenters. The van der Waals surface area contributed by atoms with Gasteiger partial charge in [-0.25, -0.2) is 9.37 Å². The predicted molar refractivity (Wildman–Crippen MR) is 70.5 cm³/mol. The number of nitrogens with zero attached hydrogens (tertiary/aromatic N) is 3. The largest absolute Gasteiger partial charge is 0.436 e. The van der Waals surface area contributed by atoms with Gasteiger partial charge in [-0.15, -0.1) is 0 Å². The van der Waals surface area contributed by atoms with Crippen molar-refractivity contribution < 1.29 is 9.13 Å². The molecule has 0 aliphatic rings. The number of anilines is 1. The molecule has 0 aliphatic carbocycles. The second kappa shape index (κ2) is 5.63. The van der Waals surface area contributed by atoms with Crippen LogP contribution in [0.2, 0.25) is 0 Å². The summed E-state index contributed by atoms with van der Waals surface area (Å²) in [6, 6.07) is 5.90. The summed E-state index contributed by atoms with van der Waals surface area (Å²) in [5.41, 5.74) is -0.168. The van der Waals surface area contributed by atoms with Crippen molar-refractivity contribution in [2.24, 2.45) is 0 Å². The Morgan fingerprint density at radius 2 is 2.26 bits per heavy atom. The van der Waals surface area contributed by atoms with Crippen LogP contribution in [-0.4, -0.2) is 17.0 Å².